The molecule has 0 radical (unpaired) electrons. The average Bonchev–Trinajstić information content (AvgIpc) is 3.00. The van der Waals surface area contributed by atoms with E-state index < -0.39 is 12.3 Å². The summed E-state index contributed by atoms with van der Waals surface area (Å²) >= 11 is 0. The third-order valence-corrected chi connectivity index (χ3v) is 4.80. The molecule has 1 amide bonds. The summed E-state index contributed by atoms with van der Waals surface area (Å²) in [5.41, 5.74) is 2.93. The van der Waals surface area contributed by atoms with E-state index in [0.29, 0.717) is 16.9 Å². The smallest absolute Gasteiger partial charge is 0.251 e. The molecule has 4 N–H and O–H groups in total. The van der Waals surface area contributed by atoms with Crippen molar-refractivity contribution in [3.05, 3.63) is 64.7 Å². The maximum atomic E-state index is 12.6. The van der Waals surface area contributed by atoms with Crippen LogP contribution < -0.4 is 15.4 Å². The summed E-state index contributed by atoms with van der Waals surface area (Å²) in [6.45, 7) is 3.76. The molecule has 27 heavy (non-hydrogen) atoms. The first-order valence-corrected chi connectivity index (χ1v) is 9.13. The Labute approximate surface area is 159 Å². The molecule has 4 unspecified atom stereocenters. The van der Waals surface area contributed by atoms with Crippen LogP contribution in [0.25, 0.3) is 0 Å². The molecule has 3 rings (SSSR count). The molecule has 6 heteroatoms. The fraction of sp³-hybridized carbons (Fsp3) is 0.381. The van der Waals surface area contributed by atoms with Crippen molar-refractivity contribution in [2.24, 2.45) is 0 Å². The Morgan fingerprint density at radius 3 is 2.56 bits per heavy atom. The van der Waals surface area contributed by atoms with Crippen molar-refractivity contribution in [2.75, 3.05) is 13.6 Å². The highest BCUT2D eigenvalue weighted by molar-refractivity contribution is 5.95. The van der Waals surface area contributed by atoms with Gasteiger partial charge in [-0.25, -0.2) is 0 Å². The third kappa shape index (κ3) is 3.98. The fourth-order valence-corrected chi connectivity index (χ4v) is 3.49. The summed E-state index contributed by atoms with van der Waals surface area (Å²) in [7, 11) is 1.64. The van der Waals surface area contributed by atoms with Crippen LogP contribution in [0.1, 0.15) is 53.0 Å². The number of fused-ring (bicyclic) bond motifs is 1. The van der Waals surface area contributed by atoms with Crippen molar-refractivity contribution in [3.63, 3.8) is 0 Å². The average molecular weight is 370 g/mol. The summed E-state index contributed by atoms with van der Waals surface area (Å²) in [4.78, 5) is 12.6. The molecule has 0 fully saturated rings. The molecule has 0 aliphatic carbocycles. The van der Waals surface area contributed by atoms with Crippen LogP contribution >= 0.6 is 0 Å². The molecule has 0 saturated heterocycles. The second-order valence-corrected chi connectivity index (χ2v) is 6.95. The first-order valence-electron chi connectivity index (χ1n) is 9.13. The Balaban J connectivity index is 2.07. The van der Waals surface area contributed by atoms with Crippen molar-refractivity contribution >= 4 is 5.91 Å². The van der Waals surface area contributed by atoms with E-state index in [1.165, 1.54) is 0 Å². The predicted molar refractivity (Wildman–Crippen MR) is 103 cm³/mol. The van der Waals surface area contributed by atoms with E-state index in [1.807, 2.05) is 43.3 Å². The molecule has 4 atom stereocenters. The van der Waals surface area contributed by atoms with Crippen molar-refractivity contribution in [1.82, 2.24) is 10.6 Å². The lowest BCUT2D eigenvalue weighted by Crippen LogP contribution is -2.30. The number of hydrogen-bond donors (Lipinski definition) is 4. The van der Waals surface area contributed by atoms with Gasteiger partial charge in [0.25, 0.3) is 5.91 Å². The second-order valence-electron chi connectivity index (χ2n) is 6.95. The molecule has 2 aromatic carbocycles. The normalized spacial score (nSPS) is 20.5. The van der Waals surface area contributed by atoms with Gasteiger partial charge in [-0.2, -0.15) is 0 Å². The highest BCUT2D eigenvalue weighted by Gasteiger charge is 2.36. The van der Waals surface area contributed by atoms with Gasteiger partial charge in [-0.1, -0.05) is 30.3 Å². The molecule has 1 aliphatic rings. The molecule has 144 valence electrons. The molecule has 0 bridgehead atoms. The van der Waals surface area contributed by atoms with Crippen molar-refractivity contribution in [3.8, 4) is 5.75 Å². The highest BCUT2D eigenvalue weighted by Crippen LogP contribution is 2.46. The lowest BCUT2D eigenvalue weighted by Gasteiger charge is -2.17. The van der Waals surface area contributed by atoms with Gasteiger partial charge in [0, 0.05) is 29.2 Å². The Kier molecular flexibility index (Phi) is 5.79. The van der Waals surface area contributed by atoms with Crippen molar-refractivity contribution in [1.29, 1.82) is 0 Å². The van der Waals surface area contributed by atoms with Crippen molar-refractivity contribution < 1.29 is 19.7 Å². The van der Waals surface area contributed by atoms with Crippen LogP contribution in [-0.4, -0.2) is 41.9 Å². The van der Waals surface area contributed by atoms with Gasteiger partial charge in [0.15, 0.2) is 0 Å². The second kappa shape index (κ2) is 8.08. The number of carbonyl (C=O) groups excluding carboxylic acids is 1. The summed E-state index contributed by atoms with van der Waals surface area (Å²) in [5.74, 6) is 0.286. The molecule has 0 spiro atoms. The number of aliphatic hydroxyl groups excluding tert-OH is 2. The van der Waals surface area contributed by atoms with E-state index in [9.17, 15) is 15.0 Å². The monoisotopic (exact) mass is 370 g/mol. The van der Waals surface area contributed by atoms with Crippen LogP contribution in [0.15, 0.2) is 42.5 Å². The number of aliphatic hydroxyl groups is 2. The number of carbonyl (C=O) groups is 1. The van der Waals surface area contributed by atoms with E-state index in [1.54, 1.807) is 20.0 Å². The van der Waals surface area contributed by atoms with Gasteiger partial charge in [-0.3, -0.25) is 10.1 Å². The van der Waals surface area contributed by atoms with Gasteiger partial charge in [-0.15, -0.1) is 0 Å². The first-order chi connectivity index (χ1) is 12.9. The van der Waals surface area contributed by atoms with Crippen LogP contribution in [0.3, 0.4) is 0 Å². The quantitative estimate of drug-likeness (QED) is 0.583. The van der Waals surface area contributed by atoms with Gasteiger partial charge >= 0.3 is 0 Å². The summed E-state index contributed by atoms with van der Waals surface area (Å²) < 4.78 is 6.09. The number of benzene rings is 2. The highest BCUT2D eigenvalue weighted by atomic mass is 16.5. The minimum Gasteiger partial charge on any atom is -0.489 e. The Morgan fingerprint density at radius 1 is 1.22 bits per heavy atom. The van der Waals surface area contributed by atoms with E-state index >= 15 is 0 Å². The third-order valence-electron chi connectivity index (χ3n) is 4.80. The zero-order valence-corrected chi connectivity index (χ0v) is 15.8. The van der Waals surface area contributed by atoms with E-state index in [2.05, 4.69) is 10.6 Å². The largest absolute Gasteiger partial charge is 0.489 e. The van der Waals surface area contributed by atoms with Crippen LogP contribution in [0.4, 0.5) is 0 Å². The SMILES string of the molecule is CNC(O)c1cc(C(=O)NCC(C)O)cc2c1OC(C)C2c1ccccc1. The number of hydrogen-bond acceptors (Lipinski definition) is 5. The zero-order chi connectivity index (χ0) is 19.6. The Morgan fingerprint density at radius 2 is 1.93 bits per heavy atom. The summed E-state index contributed by atoms with van der Waals surface area (Å²) in [6.07, 6.45) is -1.71. The molecule has 0 aromatic heterocycles. The Hall–Kier alpha value is -2.41. The molecule has 1 heterocycles. The van der Waals surface area contributed by atoms with Crippen LogP contribution in [0.5, 0.6) is 5.75 Å². The number of amides is 1. The van der Waals surface area contributed by atoms with Crippen molar-refractivity contribution in [2.45, 2.75) is 38.2 Å². The predicted octanol–water partition coefficient (Wildman–Crippen LogP) is 1.92. The van der Waals surface area contributed by atoms with Gasteiger partial charge in [0.05, 0.1) is 6.10 Å². The summed E-state index contributed by atoms with van der Waals surface area (Å²) in [6, 6.07) is 13.4. The molecular weight excluding hydrogens is 344 g/mol. The van der Waals surface area contributed by atoms with Gasteiger partial charge < -0.3 is 20.3 Å². The van der Waals surface area contributed by atoms with E-state index in [-0.39, 0.29) is 24.5 Å². The van der Waals surface area contributed by atoms with E-state index in [4.69, 9.17) is 4.74 Å². The minimum absolute atomic E-state index is 0.0338. The van der Waals surface area contributed by atoms with Gasteiger partial charge in [-0.05, 0) is 38.6 Å². The zero-order valence-electron chi connectivity index (χ0n) is 15.8. The number of rotatable bonds is 6. The first kappa shape index (κ1) is 19.4. The number of ether oxygens (including phenoxy) is 1. The molecule has 2 aromatic rings. The molecular formula is C21H26N2O4. The van der Waals surface area contributed by atoms with Crippen LogP contribution in [-0.2, 0) is 0 Å². The van der Waals surface area contributed by atoms with Crippen LogP contribution in [0, 0.1) is 0 Å². The molecule has 1 aliphatic heterocycles. The lowest BCUT2D eigenvalue weighted by molar-refractivity contribution is 0.0923. The van der Waals surface area contributed by atoms with Gasteiger partial charge in [0.2, 0.25) is 0 Å². The number of nitrogens with one attached hydrogen (secondary N) is 2. The maximum Gasteiger partial charge on any atom is 0.251 e. The lowest BCUT2D eigenvalue weighted by atomic mass is 9.87. The minimum atomic E-state index is -0.954. The van der Waals surface area contributed by atoms with Crippen LogP contribution in [0.2, 0.25) is 0 Å². The fourth-order valence-electron chi connectivity index (χ4n) is 3.49. The maximum absolute atomic E-state index is 12.6. The summed E-state index contributed by atoms with van der Waals surface area (Å²) in [5, 5.41) is 25.3. The Bertz CT molecular complexity index is 807. The topological polar surface area (TPSA) is 90.8 Å². The van der Waals surface area contributed by atoms with E-state index in [0.717, 1.165) is 11.1 Å². The van der Waals surface area contributed by atoms with Gasteiger partial charge in [0.1, 0.15) is 18.1 Å². The standard InChI is InChI=1S/C21H26N2O4/c1-12(24)11-23-20(25)15-9-16-18(14-7-5-4-6-8-14)13(2)27-19(16)17(10-15)21(26)22-3/h4-10,12-13,18,21-22,24,26H,11H2,1-3H3,(H,23,25). The molecule has 0 saturated carbocycles. The molecule has 6 nitrogen and oxygen atoms in total.